The van der Waals surface area contributed by atoms with Crippen molar-refractivity contribution < 1.29 is 14.6 Å². The predicted molar refractivity (Wildman–Crippen MR) is 72.5 cm³/mol. The number of hydrogen-bond acceptors (Lipinski definition) is 2. The molecular weight excluding hydrogens is 240 g/mol. The van der Waals surface area contributed by atoms with Crippen LogP contribution in [0, 0.1) is 0 Å². The van der Waals surface area contributed by atoms with Crippen molar-refractivity contribution in [1.82, 2.24) is 0 Å². The third kappa shape index (κ3) is 2.34. The number of rotatable bonds is 3. The molecule has 19 heavy (non-hydrogen) atoms. The molecule has 102 valence electrons. The molecule has 0 amide bonds. The van der Waals surface area contributed by atoms with E-state index in [9.17, 15) is 9.90 Å². The van der Waals surface area contributed by atoms with Gasteiger partial charge in [-0.25, -0.2) is 4.79 Å². The molecule has 0 radical (unpaired) electrons. The van der Waals surface area contributed by atoms with Gasteiger partial charge in [0.25, 0.3) is 0 Å². The Bertz CT molecular complexity index is 487. The fourth-order valence-corrected chi connectivity index (χ4v) is 3.32. The molecule has 3 nitrogen and oxygen atoms in total. The molecule has 0 spiro atoms. The zero-order valence-electron chi connectivity index (χ0n) is 11.2. The number of aryl methyl sites for hydroxylation is 2. The molecule has 0 aromatic heterocycles. The second-order valence-corrected chi connectivity index (χ2v) is 5.75. The summed E-state index contributed by atoms with van der Waals surface area (Å²) in [4.78, 5) is 11.6. The molecule has 0 saturated heterocycles. The number of carboxylic acid groups (broad SMARTS) is 1. The Morgan fingerprint density at radius 1 is 1.05 bits per heavy atom. The third-order valence-electron chi connectivity index (χ3n) is 4.43. The van der Waals surface area contributed by atoms with Crippen LogP contribution in [-0.2, 0) is 17.6 Å². The molecule has 0 atom stereocenters. The minimum Gasteiger partial charge on any atom is -0.478 e. The Morgan fingerprint density at radius 3 is 2.53 bits per heavy atom. The van der Waals surface area contributed by atoms with E-state index in [0.29, 0.717) is 12.8 Å². The van der Waals surface area contributed by atoms with Gasteiger partial charge in [0.2, 0.25) is 5.60 Å². The fourth-order valence-electron chi connectivity index (χ4n) is 3.32. The van der Waals surface area contributed by atoms with Crippen molar-refractivity contribution in [2.24, 2.45) is 0 Å². The Hall–Kier alpha value is -1.51. The normalized spacial score (nSPS) is 20.8. The van der Waals surface area contributed by atoms with Crippen LogP contribution in [-0.4, -0.2) is 16.7 Å². The van der Waals surface area contributed by atoms with Crippen LogP contribution in [0.2, 0.25) is 0 Å². The zero-order valence-corrected chi connectivity index (χ0v) is 11.2. The molecule has 0 heterocycles. The van der Waals surface area contributed by atoms with E-state index in [2.05, 4.69) is 6.07 Å². The molecule has 0 aliphatic heterocycles. The lowest BCUT2D eigenvalue weighted by Gasteiger charge is -2.33. The van der Waals surface area contributed by atoms with Crippen LogP contribution in [0.4, 0.5) is 0 Å². The van der Waals surface area contributed by atoms with E-state index < -0.39 is 11.6 Å². The highest BCUT2D eigenvalue weighted by atomic mass is 16.5. The molecule has 2 aliphatic rings. The highest BCUT2D eigenvalue weighted by Crippen LogP contribution is 2.35. The predicted octanol–water partition coefficient (Wildman–Crippen LogP) is 3.34. The summed E-state index contributed by atoms with van der Waals surface area (Å²) in [5.74, 6) is -0.0855. The maximum absolute atomic E-state index is 11.6. The van der Waals surface area contributed by atoms with Crippen molar-refractivity contribution >= 4 is 5.97 Å². The number of benzene rings is 1. The first-order chi connectivity index (χ1) is 9.20. The Labute approximate surface area is 113 Å². The number of carboxylic acids is 1. The molecule has 0 bridgehead atoms. The first-order valence-electron chi connectivity index (χ1n) is 7.24. The largest absolute Gasteiger partial charge is 0.478 e. The van der Waals surface area contributed by atoms with Gasteiger partial charge in [-0.3, -0.25) is 0 Å². The summed E-state index contributed by atoms with van der Waals surface area (Å²) >= 11 is 0. The summed E-state index contributed by atoms with van der Waals surface area (Å²) in [5.41, 5.74) is 1.72. The maximum atomic E-state index is 11.6. The van der Waals surface area contributed by atoms with Crippen LogP contribution in [0.1, 0.15) is 49.7 Å². The third-order valence-corrected chi connectivity index (χ3v) is 4.43. The topological polar surface area (TPSA) is 46.5 Å². The average Bonchev–Trinajstić information content (AvgIpc) is 2.87. The molecule has 1 N–H and O–H groups in total. The summed E-state index contributed by atoms with van der Waals surface area (Å²) < 4.78 is 5.93. The number of ether oxygens (including phenoxy) is 1. The Balaban J connectivity index is 1.84. The van der Waals surface area contributed by atoms with Crippen LogP contribution in [0.25, 0.3) is 0 Å². The van der Waals surface area contributed by atoms with Crippen molar-refractivity contribution in [2.45, 2.75) is 57.0 Å². The fraction of sp³-hybridized carbons (Fsp3) is 0.562. The number of fused-ring (bicyclic) bond motifs is 1. The van der Waals surface area contributed by atoms with Crippen LogP contribution < -0.4 is 4.74 Å². The van der Waals surface area contributed by atoms with Crippen molar-refractivity contribution in [2.75, 3.05) is 0 Å². The summed E-state index contributed by atoms with van der Waals surface area (Å²) in [6.45, 7) is 0. The molecule has 3 rings (SSSR count). The summed E-state index contributed by atoms with van der Waals surface area (Å²) in [5, 5.41) is 9.52. The highest BCUT2D eigenvalue weighted by Gasteiger charge is 2.42. The molecule has 1 aromatic rings. The van der Waals surface area contributed by atoms with E-state index in [1.807, 2.05) is 12.1 Å². The number of hydrogen-bond donors (Lipinski definition) is 1. The SMILES string of the molecule is O=C(O)C1(Oc2ccc3c(c2)CCC3)CCCCC1. The van der Waals surface area contributed by atoms with Gasteiger partial charge in [-0.05, 0) is 68.2 Å². The van der Waals surface area contributed by atoms with Crippen LogP contribution in [0.5, 0.6) is 5.75 Å². The molecule has 2 aliphatic carbocycles. The number of carbonyl (C=O) groups is 1. The van der Waals surface area contributed by atoms with Crippen LogP contribution in [0.3, 0.4) is 0 Å². The molecule has 1 saturated carbocycles. The van der Waals surface area contributed by atoms with Crippen molar-refractivity contribution in [3.8, 4) is 5.75 Å². The highest BCUT2D eigenvalue weighted by molar-refractivity contribution is 5.78. The van der Waals surface area contributed by atoms with E-state index in [1.165, 1.54) is 17.5 Å². The summed E-state index contributed by atoms with van der Waals surface area (Å²) in [6, 6.07) is 6.07. The van der Waals surface area contributed by atoms with E-state index in [0.717, 1.165) is 37.9 Å². The van der Waals surface area contributed by atoms with E-state index in [4.69, 9.17) is 4.74 Å². The van der Waals surface area contributed by atoms with E-state index in [-0.39, 0.29) is 0 Å². The van der Waals surface area contributed by atoms with Crippen LogP contribution >= 0.6 is 0 Å². The first-order valence-corrected chi connectivity index (χ1v) is 7.24. The molecule has 1 fully saturated rings. The summed E-state index contributed by atoms with van der Waals surface area (Å²) in [7, 11) is 0. The number of aliphatic carboxylic acids is 1. The minimum absolute atomic E-state index is 0.624. The molecular formula is C16H20O3. The minimum atomic E-state index is -0.995. The van der Waals surface area contributed by atoms with Gasteiger partial charge in [0.15, 0.2) is 0 Å². The standard InChI is InChI=1S/C16H20O3/c17-15(18)16(9-2-1-3-10-16)19-14-8-7-12-5-4-6-13(12)11-14/h7-8,11H,1-6,9-10H2,(H,17,18). The monoisotopic (exact) mass is 260 g/mol. The van der Waals surface area contributed by atoms with E-state index >= 15 is 0 Å². The van der Waals surface area contributed by atoms with Gasteiger partial charge < -0.3 is 9.84 Å². The van der Waals surface area contributed by atoms with Gasteiger partial charge in [-0.1, -0.05) is 12.5 Å². The van der Waals surface area contributed by atoms with Gasteiger partial charge in [0, 0.05) is 0 Å². The van der Waals surface area contributed by atoms with E-state index in [1.54, 1.807) is 0 Å². The van der Waals surface area contributed by atoms with Gasteiger partial charge in [0.1, 0.15) is 5.75 Å². The van der Waals surface area contributed by atoms with Crippen molar-refractivity contribution in [3.63, 3.8) is 0 Å². The van der Waals surface area contributed by atoms with Gasteiger partial charge >= 0.3 is 5.97 Å². The zero-order chi connectivity index (χ0) is 13.3. The molecule has 1 aromatic carbocycles. The lowest BCUT2D eigenvalue weighted by molar-refractivity contribution is -0.158. The maximum Gasteiger partial charge on any atom is 0.348 e. The second-order valence-electron chi connectivity index (χ2n) is 5.75. The smallest absolute Gasteiger partial charge is 0.348 e. The quantitative estimate of drug-likeness (QED) is 0.906. The summed E-state index contributed by atoms with van der Waals surface area (Å²) in [6.07, 6.45) is 7.67. The molecule has 3 heteroatoms. The second kappa shape index (κ2) is 4.87. The van der Waals surface area contributed by atoms with Gasteiger partial charge in [0.05, 0.1) is 0 Å². The van der Waals surface area contributed by atoms with Crippen LogP contribution in [0.15, 0.2) is 18.2 Å². The Morgan fingerprint density at radius 2 is 1.79 bits per heavy atom. The van der Waals surface area contributed by atoms with Crippen molar-refractivity contribution in [1.29, 1.82) is 0 Å². The van der Waals surface area contributed by atoms with Gasteiger partial charge in [-0.15, -0.1) is 0 Å². The Kier molecular flexibility index (Phi) is 3.21. The lowest BCUT2D eigenvalue weighted by atomic mass is 9.84. The molecule has 0 unspecified atom stereocenters. The lowest BCUT2D eigenvalue weighted by Crippen LogP contribution is -2.46. The first kappa shape index (κ1) is 12.5. The van der Waals surface area contributed by atoms with Gasteiger partial charge in [-0.2, -0.15) is 0 Å². The average molecular weight is 260 g/mol. The van der Waals surface area contributed by atoms with Crippen molar-refractivity contribution in [3.05, 3.63) is 29.3 Å².